The number of amides is 1. The number of sulfone groups is 1. The van der Waals surface area contributed by atoms with Crippen LogP contribution in [0.4, 0.5) is 5.13 Å². The van der Waals surface area contributed by atoms with Gasteiger partial charge < -0.3 is 5.32 Å². The van der Waals surface area contributed by atoms with Crippen LogP contribution < -0.4 is 5.32 Å². The van der Waals surface area contributed by atoms with Crippen LogP contribution in [0.15, 0.2) is 45.2 Å². The van der Waals surface area contributed by atoms with Gasteiger partial charge in [-0.1, -0.05) is 78.7 Å². The van der Waals surface area contributed by atoms with E-state index in [1.54, 1.807) is 30.3 Å². The molecule has 0 radical (unpaired) electrons. The zero-order chi connectivity index (χ0) is 19.8. The van der Waals surface area contributed by atoms with Crippen LogP contribution in [0.1, 0.15) is 19.4 Å². The van der Waals surface area contributed by atoms with Crippen molar-refractivity contribution in [1.82, 2.24) is 10.2 Å². The molecule has 27 heavy (non-hydrogen) atoms. The number of aromatic nitrogens is 2. The van der Waals surface area contributed by atoms with Crippen LogP contribution in [-0.2, 0) is 20.4 Å². The highest BCUT2D eigenvalue weighted by Gasteiger charge is 2.60. The van der Waals surface area contributed by atoms with E-state index in [1.165, 1.54) is 0 Å². The zero-order valence-corrected chi connectivity index (χ0v) is 17.7. The smallest absolute Gasteiger partial charge is 0.234 e. The quantitative estimate of drug-likeness (QED) is 0.677. The Morgan fingerprint density at radius 3 is 2.56 bits per heavy atom. The molecule has 1 aromatic carbocycles. The van der Waals surface area contributed by atoms with Gasteiger partial charge in [-0.05, 0) is 23.0 Å². The van der Waals surface area contributed by atoms with Crippen molar-refractivity contribution in [2.24, 2.45) is 17.3 Å². The van der Waals surface area contributed by atoms with Crippen molar-refractivity contribution < 1.29 is 13.2 Å². The highest BCUT2D eigenvalue weighted by atomic mass is 35.5. The second kappa shape index (κ2) is 7.50. The van der Waals surface area contributed by atoms with Crippen LogP contribution in [0.3, 0.4) is 0 Å². The van der Waals surface area contributed by atoms with Crippen molar-refractivity contribution in [3.05, 3.63) is 46.5 Å². The molecule has 1 aromatic heterocycles. The number of nitrogens with zero attached hydrogens (tertiary/aromatic N) is 2. The molecule has 1 aliphatic rings. The highest BCUT2D eigenvalue weighted by molar-refractivity contribution is 7.92. The molecule has 0 unspecified atom stereocenters. The molecular weight excluding hydrogens is 429 g/mol. The second-order valence-electron chi connectivity index (χ2n) is 6.89. The minimum atomic E-state index is -3.63. The van der Waals surface area contributed by atoms with E-state index in [0.717, 1.165) is 11.3 Å². The molecule has 1 aliphatic carbocycles. The topological polar surface area (TPSA) is 89.0 Å². The van der Waals surface area contributed by atoms with Gasteiger partial charge in [0.25, 0.3) is 0 Å². The summed E-state index contributed by atoms with van der Waals surface area (Å²) in [6.07, 6.45) is 1.64. The molecule has 1 fully saturated rings. The molecule has 0 bridgehead atoms. The number of nitrogens with one attached hydrogen (secondary N) is 1. The van der Waals surface area contributed by atoms with Crippen molar-refractivity contribution >= 4 is 55.4 Å². The lowest BCUT2D eigenvalue weighted by Crippen LogP contribution is -2.16. The Hall–Kier alpha value is -1.48. The maximum Gasteiger partial charge on any atom is 0.234 e. The van der Waals surface area contributed by atoms with E-state index in [4.69, 9.17) is 23.2 Å². The van der Waals surface area contributed by atoms with Gasteiger partial charge in [-0.2, -0.15) is 0 Å². The molecule has 0 saturated heterocycles. The molecule has 1 amide bonds. The highest BCUT2D eigenvalue weighted by Crippen LogP contribution is 2.60. The summed E-state index contributed by atoms with van der Waals surface area (Å²) >= 11 is 12.2. The van der Waals surface area contributed by atoms with Gasteiger partial charge >= 0.3 is 0 Å². The Morgan fingerprint density at radius 2 is 1.93 bits per heavy atom. The third-order valence-electron chi connectivity index (χ3n) is 4.60. The lowest BCUT2D eigenvalue weighted by atomic mass is 10.1. The number of hydrogen-bond donors (Lipinski definition) is 1. The molecule has 0 spiro atoms. The fourth-order valence-electron chi connectivity index (χ4n) is 3.05. The van der Waals surface area contributed by atoms with E-state index in [1.807, 2.05) is 19.9 Å². The number of allylic oxidation sites excluding steroid dienone is 1. The van der Waals surface area contributed by atoms with Crippen molar-refractivity contribution in [1.29, 1.82) is 0 Å². The zero-order valence-electron chi connectivity index (χ0n) is 14.5. The van der Waals surface area contributed by atoms with Gasteiger partial charge in [-0.25, -0.2) is 8.42 Å². The fourth-order valence-corrected chi connectivity index (χ4v) is 5.64. The van der Waals surface area contributed by atoms with Crippen LogP contribution >= 0.6 is 34.5 Å². The van der Waals surface area contributed by atoms with E-state index in [2.05, 4.69) is 15.5 Å². The van der Waals surface area contributed by atoms with Gasteiger partial charge in [-0.15, -0.1) is 10.2 Å². The summed E-state index contributed by atoms with van der Waals surface area (Å²) in [5, 5.41) is 10.3. The van der Waals surface area contributed by atoms with Gasteiger partial charge in [-0.3, -0.25) is 4.79 Å². The maximum absolute atomic E-state index is 12.5. The van der Waals surface area contributed by atoms with Crippen LogP contribution in [0.25, 0.3) is 0 Å². The number of carbonyl (C=O) groups excluding carboxylic acids is 1. The Kier molecular flexibility index (Phi) is 5.63. The summed E-state index contributed by atoms with van der Waals surface area (Å²) in [7, 11) is -3.63. The first-order valence-electron chi connectivity index (χ1n) is 8.05. The Bertz CT molecular complexity index is 984. The predicted molar refractivity (Wildman–Crippen MR) is 106 cm³/mol. The van der Waals surface area contributed by atoms with Gasteiger partial charge in [0.1, 0.15) is 4.49 Å². The molecule has 2 atom stereocenters. The summed E-state index contributed by atoms with van der Waals surface area (Å²) in [5.74, 6) is -0.846. The third-order valence-corrected chi connectivity index (χ3v) is 7.83. The largest absolute Gasteiger partial charge is 0.300 e. The molecule has 6 nitrogen and oxygen atoms in total. The lowest BCUT2D eigenvalue weighted by Gasteiger charge is -2.02. The standard InChI is InChI=1S/C17H17Cl2N3O3S2/c1-17(2)11(8-12(18)19)13(17)14(23)20-15-21-22-16(26-15)27(24,25)9-10-6-4-3-5-7-10/h3-8,11,13H,9H2,1-2H3,(H,20,21,23)/t11-,13+/m1/s1. The summed E-state index contributed by atoms with van der Waals surface area (Å²) in [5.41, 5.74) is 0.372. The second-order valence-corrected chi connectivity index (χ2v) is 11.0. The first-order valence-corrected chi connectivity index (χ1v) is 11.3. The van der Waals surface area contributed by atoms with Crippen molar-refractivity contribution in [3.8, 4) is 0 Å². The third kappa shape index (κ3) is 4.51. The van der Waals surface area contributed by atoms with Gasteiger partial charge in [0, 0.05) is 0 Å². The van der Waals surface area contributed by atoms with Crippen molar-refractivity contribution in [2.45, 2.75) is 23.9 Å². The molecule has 1 heterocycles. The van der Waals surface area contributed by atoms with E-state index < -0.39 is 9.84 Å². The number of carbonyl (C=O) groups is 1. The molecule has 1 saturated carbocycles. The average Bonchev–Trinajstić information content (AvgIpc) is 2.92. The van der Waals surface area contributed by atoms with Crippen molar-refractivity contribution in [2.75, 3.05) is 5.32 Å². The minimum Gasteiger partial charge on any atom is -0.300 e. The monoisotopic (exact) mass is 445 g/mol. The summed E-state index contributed by atoms with van der Waals surface area (Å²) in [6, 6.07) is 8.81. The number of hydrogen-bond acceptors (Lipinski definition) is 6. The van der Waals surface area contributed by atoms with E-state index in [0.29, 0.717) is 5.56 Å². The molecular formula is C17H17Cl2N3O3S2. The first kappa shape index (κ1) is 20.3. The summed E-state index contributed by atoms with van der Waals surface area (Å²) in [4.78, 5) is 12.5. The maximum atomic E-state index is 12.5. The molecule has 10 heteroatoms. The number of rotatable bonds is 6. The van der Waals surface area contributed by atoms with E-state index in [9.17, 15) is 13.2 Å². The first-order chi connectivity index (χ1) is 12.6. The summed E-state index contributed by atoms with van der Waals surface area (Å²) in [6.45, 7) is 3.87. The molecule has 144 valence electrons. The number of benzene rings is 1. The minimum absolute atomic E-state index is 0.0864. The number of anilines is 1. The fraction of sp³-hybridized carbons (Fsp3) is 0.353. The Balaban J connectivity index is 1.69. The van der Waals surface area contributed by atoms with Crippen LogP contribution in [0.2, 0.25) is 0 Å². The molecule has 3 rings (SSSR count). The molecule has 1 N–H and O–H groups in total. The predicted octanol–water partition coefficient (Wildman–Crippen LogP) is 4.04. The van der Waals surface area contributed by atoms with Crippen LogP contribution in [0.5, 0.6) is 0 Å². The van der Waals surface area contributed by atoms with E-state index in [-0.39, 0.29) is 42.9 Å². The van der Waals surface area contributed by atoms with Gasteiger partial charge in [0.2, 0.25) is 25.2 Å². The van der Waals surface area contributed by atoms with Crippen LogP contribution in [0, 0.1) is 17.3 Å². The summed E-state index contributed by atoms with van der Waals surface area (Å²) < 4.78 is 25.0. The Labute approximate surface area is 171 Å². The number of halogens is 2. The van der Waals surface area contributed by atoms with Gasteiger partial charge in [0.15, 0.2) is 0 Å². The van der Waals surface area contributed by atoms with Gasteiger partial charge in [0.05, 0.1) is 11.7 Å². The van der Waals surface area contributed by atoms with E-state index >= 15 is 0 Å². The molecule has 2 aromatic rings. The molecule has 0 aliphatic heterocycles. The SMILES string of the molecule is CC1(C)[C@H](C=C(Cl)Cl)[C@H]1C(=O)Nc1nnc(S(=O)(=O)Cc2ccccc2)s1. The van der Waals surface area contributed by atoms with Crippen molar-refractivity contribution in [3.63, 3.8) is 0 Å². The Morgan fingerprint density at radius 1 is 1.26 bits per heavy atom. The average molecular weight is 446 g/mol. The van der Waals surface area contributed by atoms with Crippen LogP contribution in [-0.4, -0.2) is 24.5 Å². The lowest BCUT2D eigenvalue weighted by molar-refractivity contribution is -0.118. The normalized spacial score (nSPS) is 20.7.